The molecule has 1 unspecified atom stereocenters. The van der Waals surface area contributed by atoms with Crippen LogP contribution < -0.4 is 10.5 Å². The van der Waals surface area contributed by atoms with Crippen molar-refractivity contribution < 1.29 is 14.6 Å². The lowest BCUT2D eigenvalue weighted by atomic mass is 9.99. The maximum Gasteiger partial charge on any atom is 0.320 e. The number of hydrogen-bond donors (Lipinski definition) is 2. The number of benzene rings is 3. The molecule has 1 atom stereocenters. The lowest BCUT2D eigenvalue weighted by Crippen LogP contribution is -2.32. The summed E-state index contributed by atoms with van der Waals surface area (Å²) in [5.41, 5.74) is 8.95. The van der Waals surface area contributed by atoms with Gasteiger partial charge in [-0.1, -0.05) is 71.7 Å². The summed E-state index contributed by atoms with van der Waals surface area (Å²) in [5, 5.41) is 11.8. The van der Waals surface area contributed by atoms with Crippen molar-refractivity contribution in [2.24, 2.45) is 5.73 Å². The Labute approximate surface area is 195 Å². The van der Waals surface area contributed by atoms with Crippen LogP contribution in [0.25, 0.3) is 22.0 Å². The minimum Gasteiger partial charge on any atom is -0.486 e. The Morgan fingerprint density at radius 1 is 1.03 bits per heavy atom. The van der Waals surface area contributed by atoms with Gasteiger partial charge in [-0.05, 0) is 41.0 Å². The van der Waals surface area contributed by atoms with E-state index in [9.17, 15) is 4.79 Å². The summed E-state index contributed by atoms with van der Waals surface area (Å²) in [6, 6.07) is 20.3. The summed E-state index contributed by atoms with van der Waals surface area (Å²) < 4.78 is 5.98. The van der Waals surface area contributed by atoms with E-state index in [1.165, 1.54) is 0 Å². The molecule has 0 bridgehead atoms. The molecular formula is C25H20Cl2N2O3. The molecule has 0 saturated heterocycles. The Morgan fingerprint density at radius 2 is 1.75 bits per heavy atom. The summed E-state index contributed by atoms with van der Waals surface area (Å²) in [6.07, 6.45) is 1.87. The molecule has 0 saturated carbocycles. The molecule has 32 heavy (non-hydrogen) atoms. The third-order valence-corrected chi connectivity index (χ3v) is 5.70. The maximum absolute atomic E-state index is 11.0. The average molecular weight is 467 g/mol. The molecule has 4 rings (SSSR count). The van der Waals surface area contributed by atoms with Crippen LogP contribution in [0.4, 0.5) is 0 Å². The van der Waals surface area contributed by atoms with Crippen molar-refractivity contribution in [1.29, 1.82) is 0 Å². The molecule has 0 radical (unpaired) electrons. The van der Waals surface area contributed by atoms with E-state index < -0.39 is 12.0 Å². The molecular weight excluding hydrogens is 447 g/mol. The first-order valence-electron chi connectivity index (χ1n) is 9.95. The van der Waals surface area contributed by atoms with Crippen LogP contribution in [0.1, 0.15) is 11.1 Å². The Hall–Kier alpha value is -3.12. The van der Waals surface area contributed by atoms with Gasteiger partial charge in [0.25, 0.3) is 0 Å². The van der Waals surface area contributed by atoms with Crippen molar-refractivity contribution in [1.82, 2.24) is 4.98 Å². The predicted molar refractivity (Wildman–Crippen MR) is 127 cm³/mol. The molecule has 0 aliphatic rings. The largest absolute Gasteiger partial charge is 0.486 e. The Morgan fingerprint density at radius 3 is 2.50 bits per heavy atom. The number of fused-ring (bicyclic) bond motifs is 1. The van der Waals surface area contributed by atoms with Gasteiger partial charge in [0.15, 0.2) is 5.75 Å². The number of nitrogens with two attached hydrogens (primary N) is 1. The van der Waals surface area contributed by atoms with E-state index in [0.717, 1.165) is 27.6 Å². The van der Waals surface area contributed by atoms with Gasteiger partial charge < -0.3 is 15.6 Å². The second-order valence-corrected chi connectivity index (χ2v) is 8.18. The van der Waals surface area contributed by atoms with Crippen molar-refractivity contribution >= 4 is 39.9 Å². The monoisotopic (exact) mass is 466 g/mol. The molecule has 1 aromatic heterocycles. The van der Waals surface area contributed by atoms with Crippen LogP contribution in [-0.4, -0.2) is 22.1 Å². The number of aliphatic carboxylic acids is 1. The molecule has 0 aliphatic heterocycles. The van der Waals surface area contributed by atoms with Gasteiger partial charge in [-0.3, -0.25) is 9.78 Å². The van der Waals surface area contributed by atoms with Crippen LogP contribution >= 0.6 is 23.2 Å². The molecule has 5 nitrogen and oxygen atoms in total. The zero-order valence-corrected chi connectivity index (χ0v) is 18.5. The smallest absolute Gasteiger partial charge is 0.320 e. The summed E-state index contributed by atoms with van der Waals surface area (Å²) in [6.45, 7) is 0.208. The normalized spacial score (nSPS) is 12.0. The molecule has 0 spiro atoms. The maximum atomic E-state index is 11.0. The molecule has 3 aromatic carbocycles. The number of carbonyl (C=O) groups is 1. The third kappa shape index (κ3) is 4.70. The van der Waals surface area contributed by atoms with Crippen molar-refractivity contribution in [3.8, 4) is 17.0 Å². The number of pyridine rings is 1. The van der Waals surface area contributed by atoms with Crippen LogP contribution in [-0.2, 0) is 17.8 Å². The quantitative estimate of drug-likeness (QED) is 0.362. The van der Waals surface area contributed by atoms with Gasteiger partial charge in [-0.2, -0.15) is 0 Å². The predicted octanol–water partition coefficient (Wildman–Crippen LogP) is 5.74. The molecule has 0 fully saturated rings. The van der Waals surface area contributed by atoms with Gasteiger partial charge in [-0.15, -0.1) is 0 Å². The number of carboxylic acids is 1. The fourth-order valence-electron chi connectivity index (χ4n) is 3.59. The van der Waals surface area contributed by atoms with E-state index in [2.05, 4.69) is 23.2 Å². The number of carboxylic acid groups (broad SMARTS) is 1. The number of ether oxygens (including phenoxy) is 1. The minimum absolute atomic E-state index is 0.114. The average Bonchev–Trinajstić information content (AvgIpc) is 2.78. The second kappa shape index (κ2) is 9.57. The highest BCUT2D eigenvalue weighted by molar-refractivity contribution is 6.37. The highest BCUT2D eigenvalue weighted by atomic mass is 35.5. The van der Waals surface area contributed by atoms with Gasteiger partial charge in [0, 0.05) is 17.3 Å². The van der Waals surface area contributed by atoms with Gasteiger partial charge in [0.2, 0.25) is 0 Å². The first kappa shape index (κ1) is 22.1. The molecule has 4 aromatic rings. The van der Waals surface area contributed by atoms with E-state index in [0.29, 0.717) is 21.4 Å². The van der Waals surface area contributed by atoms with Gasteiger partial charge >= 0.3 is 5.97 Å². The van der Waals surface area contributed by atoms with E-state index >= 15 is 0 Å². The number of hydrogen-bond acceptors (Lipinski definition) is 4. The third-order valence-electron chi connectivity index (χ3n) is 5.14. The first-order chi connectivity index (χ1) is 15.4. The SMILES string of the molecule is NC(Cc1cc(Cl)c(OCc2cccnc2-c2cccc3ccccc23)c(Cl)c1)C(=O)O. The minimum atomic E-state index is -1.09. The molecule has 162 valence electrons. The Bertz CT molecular complexity index is 1260. The lowest BCUT2D eigenvalue weighted by Gasteiger charge is -2.15. The zero-order chi connectivity index (χ0) is 22.7. The lowest BCUT2D eigenvalue weighted by molar-refractivity contribution is -0.138. The van der Waals surface area contributed by atoms with E-state index in [1.54, 1.807) is 18.3 Å². The van der Waals surface area contributed by atoms with Gasteiger partial charge in [-0.25, -0.2) is 0 Å². The highest BCUT2D eigenvalue weighted by Gasteiger charge is 2.17. The zero-order valence-electron chi connectivity index (χ0n) is 17.0. The first-order valence-corrected chi connectivity index (χ1v) is 10.7. The fraction of sp³-hybridized carbons (Fsp3) is 0.120. The molecule has 3 N–H and O–H groups in total. The fourth-order valence-corrected chi connectivity index (χ4v) is 4.23. The molecule has 1 heterocycles. The van der Waals surface area contributed by atoms with Crippen LogP contribution in [0, 0.1) is 0 Å². The Kier molecular flexibility index (Phi) is 6.61. The molecule has 0 aliphatic carbocycles. The van der Waals surface area contributed by atoms with Crippen LogP contribution in [0.5, 0.6) is 5.75 Å². The van der Waals surface area contributed by atoms with Crippen LogP contribution in [0.15, 0.2) is 72.9 Å². The summed E-state index contributed by atoms with van der Waals surface area (Å²) in [5.74, 6) is -0.760. The van der Waals surface area contributed by atoms with E-state index in [-0.39, 0.29) is 13.0 Å². The number of rotatable bonds is 7. The van der Waals surface area contributed by atoms with Crippen molar-refractivity contribution in [2.75, 3.05) is 0 Å². The standard InChI is InChI=1S/C25H20Cl2N2O3/c26-20-11-15(13-22(28)25(30)31)12-21(27)24(20)32-14-17-7-4-10-29-23(17)19-9-3-6-16-5-1-2-8-18(16)19/h1-12,22H,13-14,28H2,(H,30,31). The van der Waals surface area contributed by atoms with Crippen molar-refractivity contribution in [2.45, 2.75) is 19.1 Å². The van der Waals surface area contributed by atoms with E-state index in [1.807, 2.05) is 36.4 Å². The Balaban J connectivity index is 1.61. The number of aromatic nitrogens is 1. The van der Waals surface area contributed by atoms with Crippen LogP contribution in [0.3, 0.4) is 0 Å². The van der Waals surface area contributed by atoms with Gasteiger partial charge in [0.1, 0.15) is 12.6 Å². The summed E-state index contributed by atoms with van der Waals surface area (Å²) in [4.78, 5) is 15.6. The summed E-state index contributed by atoms with van der Waals surface area (Å²) in [7, 11) is 0. The van der Waals surface area contributed by atoms with Gasteiger partial charge in [0.05, 0.1) is 15.7 Å². The molecule has 0 amide bonds. The topological polar surface area (TPSA) is 85.4 Å². The van der Waals surface area contributed by atoms with Crippen molar-refractivity contribution in [3.05, 3.63) is 94.1 Å². The van der Waals surface area contributed by atoms with E-state index in [4.69, 9.17) is 38.8 Å². The second-order valence-electron chi connectivity index (χ2n) is 7.36. The number of halogens is 2. The van der Waals surface area contributed by atoms with Crippen LogP contribution in [0.2, 0.25) is 10.0 Å². The molecule has 7 heteroatoms. The van der Waals surface area contributed by atoms with Crippen molar-refractivity contribution in [3.63, 3.8) is 0 Å². The number of nitrogens with zero attached hydrogens (tertiary/aromatic N) is 1. The highest BCUT2D eigenvalue weighted by Crippen LogP contribution is 2.36. The summed E-state index contributed by atoms with van der Waals surface area (Å²) >= 11 is 12.8.